The number of nitrogens with zero attached hydrogens (tertiary/aromatic N) is 1. The molecule has 0 spiro atoms. The lowest BCUT2D eigenvalue weighted by Gasteiger charge is -2.28. The van der Waals surface area contributed by atoms with Gasteiger partial charge >= 0.3 is 0 Å². The van der Waals surface area contributed by atoms with Gasteiger partial charge in [-0.05, 0) is 80.6 Å². The van der Waals surface area contributed by atoms with Gasteiger partial charge in [-0.15, -0.1) is 11.3 Å². The number of fused-ring (bicyclic) bond motifs is 6. The van der Waals surface area contributed by atoms with Gasteiger partial charge in [0, 0.05) is 42.3 Å². The van der Waals surface area contributed by atoms with E-state index >= 15 is 0 Å². The van der Waals surface area contributed by atoms with Crippen molar-refractivity contribution in [1.29, 1.82) is 0 Å². The highest BCUT2D eigenvalue weighted by Gasteiger charge is 2.19. The second-order valence-corrected chi connectivity index (χ2v) is 14.3. The Morgan fingerprint density at radius 1 is 0.327 bits per heavy atom. The summed E-state index contributed by atoms with van der Waals surface area (Å²) in [6.07, 6.45) is 0. The van der Waals surface area contributed by atoms with Crippen molar-refractivity contribution in [3.05, 3.63) is 200 Å². The zero-order chi connectivity index (χ0) is 34.4. The number of benzene rings is 9. The standard InChI is InChI=1S/C50H33NS/c1-3-12-34(13-4-1)35-22-27-39(28-23-35)51(47-33-32-41(36-14-5-2-6-15-36)43-17-7-8-18-44(43)47)40-29-24-37(25-30-40)42-20-11-16-38-26-31-46-45-19-9-10-21-48(45)52-50(46)49(38)42/h1-33H. The normalized spacial score (nSPS) is 11.5. The van der Waals surface area contributed by atoms with Gasteiger partial charge in [0.05, 0.1) is 5.69 Å². The molecule has 0 radical (unpaired) electrons. The highest BCUT2D eigenvalue weighted by atomic mass is 32.1. The molecule has 0 aliphatic carbocycles. The van der Waals surface area contributed by atoms with Crippen LogP contribution >= 0.6 is 11.3 Å². The predicted octanol–water partition coefficient (Wildman–Crippen LogP) is 14.8. The van der Waals surface area contributed by atoms with E-state index < -0.39 is 0 Å². The lowest BCUT2D eigenvalue weighted by Crippen LogP contribution is -2.10. The summed E-state index contributed by atoms with van der Waals surface area (Å²) < 4.78 is 2.68. The summed E-state index contributed by atoms with van der Waals surface area (Å²) in [5.41, 5.74) is 10.7. The molecule has 1 heterocycles. The SMILES string of the molecule is c1ccc(-c2ccc(N(c3ccc(-c4cccc5ccc6c7ccccc7sc6c45)cc3)c3ccc(-c4ccccc4)c4ccccc34)cc2)cc1. The maximum Gasteiger partial charge on any atom is 0.0540 e. The molecule has 0 fully saturated rings. The van der Waals surface area contributed by atoms with Gasteiger partial charge in [0.1, 0.15) is 0 Å². The average Bonchev–Trinajstić information content (AvgIpc) is 3.61. The molecule has 0 aliphatic rings. The van der Waals surface area contributed by atoms with Crippen LogP contribution in [0.25, 0.3) is 75.1 Å². The molecule has 0 atom stereocenters. The second-order valence-electron chi connectivity index (χ2n) is 13.3. The van der Waals surface area contributed by atoms with Gasteiger partial charge in [-0.1, -0.05) is 164 Å². The first-order chi connectivity index (χ1) is 25.8. The largest absolute Gasteiger partial charge is 0.310 e. The highest BCUT2D eigenvalue weighted by molar-refractivity contribution is 7.26. The number of thiophene rings is 1. The molecule has 0 saturated carbocycles. The van der Waals surface area contributed by atoms with Crippen molar-refractivity contribution in [3.63, 3.8) is 0 Å². The van der Waals surface area contributed by atoms with Crippen molar-refractivity contribution in [2.24, 2.45) is 0 Å². The van der Waals surface area contributed by atoms with Gasteiger partial charge in [0.25, 0.3) is 0 Å². The Balaban J connectivity index is 1.13. The third-order valence-electron chi connectivity index (χ3n) is 10.3. The van der Waals surface area contributed by atoms with Crippen LogP contribution in [0.3, 0.4) is 0 Å². The topological polar surface area (TPSA) is 3.24 Å². The van der Waals surface area contributed by atoms with E-state index in [2.05, 4.69) is 205 Å². The fraction of sp³-hybridized carbons (Fsp3) is 0. The summed E-state index contributed by atoms with van der Waals surface area (Å²) in [4.78, 5) is 2.41. The molecule has 1 nitrogen and oxygen atoms in total. The van der Waals surface area contributed by atoms with Gasteiger partial charge in [0.2, 0.25) is 0 Å². The summed E-state index contributed by atoms with van der Waals surface area (Å²) in [5.74, 6) is 0. The van der Waals surface area contributed by atoms with Crippen LogP contribution in [0.4, 0.5) is 17.1 Å². The van der Waals surface area contributed by atoms with Crippen molar-refractivity contribution in [2.75, 3.05) is 4.90 Å². The molecule has 1 aromatic heterocycles. The van der Waals surface area contributed by atoms with E-state index in [1.54, 1.807) is 0 Å². The first-order valence-corrected chi connectivity index (χ1v) is 18.6. The van der Waals surface area contributed by atoms with E-state index in [4.69, 9.17) is 0 Å². The minimum atomic E-state index is 1.11. The van der Waals surface area contributed by atoms with Crippen LogP contribution in [0, 0.1) is 0 Å². The molecular formula is C50H33NS. The van der Waals surface area contributed by atoms with E-state index in [0.717, 1.165) is 17.1 Å². The Labute approximate surface area is 307 Å². The third-order valence-corrected chi connectivity index (χ3v) is 11.5. The Bertz CT molecular complexity index is 2870. The molecule has 0 bridgehead atoms. The molecule has 2 heteroatoms. The molecule has 0 unspecified atom stereocenters. The monoisotopic (exact) mass is 679 g/mol. The van der Waals surface area contributed by atoms with E-state index in [0.29, 0.717) is 0 Å². The van der Waals surface area contributed by atoms with E-state index in [9.17, 15) is 0 Å². The van der Waals surface area contributed by atoms with Crippen molar-refractivity contribution in [1.82, 2.24) is 0 Å². The van der Waals surface area contributed by atoms with Crippen LogP contribution in [-0.2, 0) is 0 Å². The molecule has 244 valence electrons. The van der Waals surface area contributed by atoms with Crippen molar-refractivity contribution < 1.29 is 0 Å². The van der Waals surface area contributed by atoms with Crippen LogP contribution in [-0.4, -0.2) is 0 Å². The minimum absolute atomic E-state index is 1.11. The Morgan fingerprint density at radius 2 is 0.904 bits per heavy atom. The molecular weight excluding hydrogens is 647 g/mol. The molecule has 0 aliphatic heterocycles. The maximum absolute atomic E-state index is 2.41. The number of hydrogen-bond donors (Lipinski definition) is 0. The van der Waals surface area contributed by atoms with Gasteiger partial charge < -0.3 is 4.90 Å². The minimum Gasteiger partial charge on any atom is -0.310 e. The third kappa shape index (κ3) is 5.16. The van der Waals surface area contributed by atoms with Gasteiger partial charge in [-0.2, -0.15) is 0 Å². The summed E-state index contributed by atoms with van der Waals surface area (Å²) in [7, 11) is 0. The van der Waals surface area contributed by atoms with Crippen LogP contribution < -0.4 is 4.90 Å². The summed E-state index contributed by atoms with van der Waals surface area (Å²) >= 11 is 1.89. The lowest BCUT2D eigenvalue weighted by atomic mass is 9.95. The van der Waals surface area contributed by atoms with Gasteiger partial charge in [-0.3, -0.25) is 0 Å². The Morgan fingerprint density at radius 3 is 1.63 bits per heavy atom. The molecule has 10 rings (SSSR count). The van der Waals surface area contributed by atoms with Crippen molar-refractivity contribution >= 4 is 70.1 Å². The fourth-order valence-electron chi connectivity index (χ4n) is 7.79. The van der Waals surface area contributed by atoms with Crippen molar-refractivity contribution in [2.45, 2.75) is 0 Å². The zero-order valence-electron chi connectivity index (χ0n) is 28.4. The van der Waals surface area contributed by atoms with Crippen LogP contribution in [0.15, 0.2) is 200 Å². The van der Waals surface area contributed by atoms with E-state index in [1.807, 2.05) is 11.3 Å². The lowest BCUT2D eigenvalue weighted by molar-refractivity contribution is 1.30. The number of hydrogen-bond acceptors (Lipinski definition) is 2. The first-order valence-electron chi connectivity index (χ1n) is 17.8. The number of rotatable bonds is 6. The Hall–Kier alpha value is -6.48. The number of anilines is 3. The predicted molar refractivity (Wildman–Crippen MR) is 225 cm³/mol. The summed E-state index contributed by atoms with van der Waals surface area (Å²) in [6, 6.07) is 72.8. The van der Waals surface area contributed by atoms with Gasteiger partial charge in [-0.25, -0.2) is 0 Å². The average molecular weight is 680 g/mol. The van der Waals surface area contributed by atoms with Gasteiger partial charge in [0.15, 0.2) is 0 Å². The van der Waals surface area contributed by atoms with E-state index in [-0.39, 0.29) is 0 Å². The smallest absolute Gasteiger partial charge is 0.0540 e. The van der Waals surface area contributed by atoms with Crippen LogP contribution in [0.2, 0.25) is 0 Å². The summed E-state index contributed by atoms with van der Waals surface area (Å²) in [6.45, 7) is 0. The fourth-order valence-corrected chi connectivity index (χ4v) is 9.06. The molecule has 0 amide bonds. The van der Waals surface area contributed by atoms with Crippen LogP contribution in [0.5, 0.6) is 0 Å². The quantitative estimate of drug-likeness (QED) is 0.169. The summed E-state index contributed by atoms with van der Waals surface area (Å²) in [5, 5.41) is 7.69. The molecule has 0 N–H and O–H groups in total. The molecule has 10 aromatic rings. The zero-order valence-corrected chi connectivity index (χ0v) is 29.2. The first kappa shape index (κ1) is 30.4. The molecule has 52 heavy (non-hydrogen) atoms. The molecule has 0 saturated heterocycles. The molecule has 9 aromatic carbocycles. The second kappa shape index (κ2) is 12.7. The maximum atomic E-state index is 2.41. The Kier molecular flexibility index (Phi) is 7.41. The van der Waals surface area contributed by atoms with E-state index in [1.165, 1.54) is 75.1 Å². The highest BCUT2D eigenvalue weighted by Crippen LogP contribution is 2.45. The van der Waals surface area contributed by atoms with Crippen LogP contribution in [0.1, 0.15) is 0 Å². The van der Waals surface area contributed by atoms with Crippen molar-refractivity contribution in [3.8, 4) is 33.4 Å².